The van der Waals surface area contributed by atoms with Crippen LogP contribution < -0.4 is 5.32 Å². The highest BCUT2D eigenvalue weighted by molar-refractivity contribution is 7.98. The molecule has 0 radical (unpaired) electrons. The van der Waals surface area contributed by atoms with Crippen molar-refractivity contribution >= 4 is 17.4 Å². The third kappa shape index (κ3) is 2.17. The van der Waals surface area contributed by atoms with Gasteiger partial charge in [0, 0.05) is 10.6 Å². The number of nitrogens with one attached hydrogen (secondary N) is 1. The van der Waals surface area contributed by atoms with Gasteiger partial charge < -0.3 is 0 Å². The maximum atomic E-state index is 8.28. The molecule has 0 aromatic heterocycles. The Morgan fingerprint density at radius 3 is 2.45 bits per heavy atom. The Hall–Kier alpha value is -1.14. The first-order valence-electron chi connectivity index (χ1n) is 3.16. The minimum Gasteiger partial charge on any atom is -0.293 e. The molecule has 0 saturated heterocycles. The fourth-order valence-corrected chi connectivity index (χ4v) is 1.15. The molecule has 3 heteroatoms. The molecule has 0 spiro atoms. The largest absolute Gasteiger partial charge is 0.293 e. The summed E-state index contributed by atoms with van der Waals surface area (Å²) < 4.78 is 0. The molecule has 0 aliphatic heterocycles. The highest BCUT2D eigenvalue weighted by atomic mass is 32.2. The molecule has 0 fully saturated rings. The van der Waals surface area contributed by atoms with Crippen LogP contribution in [0.1, 0.15) is 0 Å². The van der Waals surface area contributed by atoms with E-state index in [0.29, 0.717) is 0 Å². The number of anilines is 1. The lowest BCUT2D eigenvalue weighted by molar-refractivity contribution is 1.43. The van der Waals surface area contributed by atoms with Crippen LogP contribution >= 0.6 is 11.8 Å². The van der Waals surface area contributed by atoms with E-state index in [9.17, 15) is 0 Å². The zero-order valence-electron chi connectivity index (χ0n) is 6.16. The molecule has 1 aromatic rings. The van der Waals surface area contributed by atoms with Gasteiger partial charge in [-0.2, -0.15) is 5.26 Å². The number of nitrogens with zero attached hydrogens (tertiary/aromatic N) is 1. The average Bonchev–Trinajstić information content (AvgIpc) is 2.07. The second-order valence-electron chi connectivity index (χ2n) is 1.97. The van der Waals surface area contributed by atoms with Crippen molar-refractivity contribution in [3.05, 3.63) is 24.3 Å². The lowest BCUT2D eigenvalue weighted by Crippen LogP contribution is -1.85. The lowest BCUT2D eigenvalue weighted by Gasteiger charge is -1.97. The zero-order valence-corrected chi connectivity index (χ0v) is 6.98. The number of nitriles is 1. The monoisotopic (exact) mass is 164 g/mol. The van der Waals surface area contributed by atoms with E-state index in [4.69, 9.17) is 5.26 Å². The molecule has 0 bridgehead atoms. The Balaban J connectivity index is 2.76. The Bertz CT molecular complexity index is 260. The van der Waals surface area contributed by atoms with Crippen molar-refractivity contribution in [3.8, 4) is 6.19 Å². The summed E-state index contributed by atoms with van der Waals surface area (Å²) in [6.07, 6.45) is 3.89. The topological polar surface area (TPSA) is 35.8 Å². The lowest BCUT2D eigenvalue weighted by atomic mass is 10.3. The molecule has 0 aliphatic rings. The van der Waals surface area contributed by atoms with Gasteiger partial charge in [-0.15, -0.1) is 11.8 Å². The summed E-state index contributed by atoms with van der Waals surface area (Å²) in [6, 6.07) is 7.72. The van der Waals surface area contributed by atoms with Crippen LogP contribution in [-0.2, 0) is 0 Å². The van der Waals surface area contributed by atoms with Gasteiger partial charge in [-0.05, 0) is 30.5 Å². The fourth-order valence-electron chi connectivity index (χ4n) is 0.739. The maximum absolute atomic E-state index is 8.28. The number of benzene rings is 1. The standard InChI is InChI=1S/C8H8N2S/c1-11-8-4-2-7(3-5-8)10-6-9/h2-5,10H,1H3. The smallest absolute Gasteiger partial charge is 0.181 e. The quantitative estimate of drug-likeness (QED) is 0.414. The van der Waals surface area contributed by atoms with Crippen molar-refractivity contribution < 1.29 is 0 Å². The van der Waals surface area contributed by atoms with Gasteiger partial charge in [-0.3, -0.25) is 5.32 Å². The zero-order chi connectivity index (χ0) is 8.10. The Kier molecular flexibility index (Phi) is 2.82. The minimum absolute atomic E-state index is 0.838. The van der Waals surface area contributed by atoms with E-state index in [1.807, 2.05) is 36.7 Å². The summed E-state index contributed by atoms with van der Waals surface area (Å²) in [5.41, 5.74) is 0.838. The van der Waals surface area contributed by atoms with E-state index in [1.165, 1.54) is 4.90 Å². The molecule has 0 aliphatic carbocycles. The summed E-state index contributed by atoms with van der Waals surface area (Å²) >= 11 is 1.68. The van der Waals surface area contributed by atoms with Gasteiger partial charge in [0.05, 0.1) is 0 Å². The van der Waals surface area contributed by atoms with E-state index in [1.54, 1.807) is 11.8 Å². The van der Waals surface area contributed by atoms with Crippen LogP contribution in [0.4, 0.5) is 5.69 Å². The Morgan fingerprint density at radius 2 is 2.00 bits per heavy atom. The maximum Gasteiger partial charge on any atom is 0.181 e. The van der Waals surface area contributed by atoms with Gasteiger partial charge in [0.25, 0.3) is 0 Å². The number of thioether (sulfide) groups is 1. The molecular formula is C8H8N2S. The SMILES string of the molecule is CSc1ccc(NC#N)cc1. The van der Waals surface area contributed by atoms with E-state index < -0.39 is 0 Å². The molecule has 1 aromatic carbocycles. The summed E-state index contributed by atoms with van der Waals surface area (Å²) in [7, 11) is 0. The van der Waals surface area contributed by atoms with Crippen LogP contribution in [0.2, 0.25) is 0 Å². The molecule has 56 valence electrons. The summed E-state index contributed by atoms with van der Waals surface area (Å²) in [5, 5.41) is 10.8. The first-order chi connectivity index (χ1) is 5.36. The fraction of sp³-hybridized carbons (Fsp3) is 0.125. The summed E-state index contributed by atoms with van der Waals surface area (Å²) in [6.45, 7) is 0. The second-order valence-corrected chi connectivity index (χ2v) is 2.84. The van der Waals surface area contributed by atoms with Crippen molar-refractivity contribution in [1.82, 2.24) is 0 Å². The van der Waals surface area contributed by atoms with Crippen molar-refractivity contribution in [1.29, 1.82) is 5.26 Å². The third-order valence-corrected chi connectivity index (χ3v) is 2.03. The number of hydrogen-bond acceptors (Lipinski definition) is 3. The van der Waals surface area contributed by atoms with Gasteiger partial charge >= 0.3 is 0 Å². The molecule has 1 rings (SSSR count). The van der Waals surface area contributed by atoms with E-state index in [2.05, 4.69) is 5.32 Å². The molecule has 11 heavy (non-hydrogen) atoms. The van der Waals surface area contributed by atoms with Crippen LogP contribution in [0, 0.1) is 11.5 Å². The van der Waals surface area contributed by atoms with Gasteiger partial charge in [-0.25, -0.2) is 0 Å². The predicted molar refractivity (Wildman–Crippen MR) is 47.5 cm³/mol. The molecule has 0 atom stereocenters. The van der Waals surface area contributed by atoms with Gasteiger partial charge in [0.15, 0.2) is 6.19 Å². The minimum atomic E-state index is 0.838. The second kappa shape index (κ2) is 3.89. The summed E-state index contributed by atoms with van der Waals surface area (Å²) in [5.74, 6) is 0. The highest BCUT2D eigenvalue weighted by Gasteiger charge is 1.89. The molecule has 0 saturated carbocycles. The van der Waals surface area contributed by atoms with Gasteiger partial charge in [0.1, 0.15) is 0 Å². The van der Waals surface area contributed by atoms with Gasteiger partial charge in [0.2, 0.25) is 0 Å². The van der Waals surface area contributed by atoms with Crippen LogP contribution in [0.25, 0.3) is 0 Å². The highest BCUT2D eigenvalue weighted by Crippen LogP contribution is 2.16. The van der Waals surface area contributed by atoms with Crippen LogP contribution in [-0.4, -0.2) is 6.26 Å². The van der Waals surface area contributed by atoms with Gasteiger partial charge in [-0.1, -0.05) is 0 Å². The molecule has 1 N–H and O–H groups in total. The van der Waals surface area contributed by atoms with Crippen molar-refractivity contribution in [3.63, 3.8) is 0 Å². The first kappa shape index (κ1) is 7.96. The summed E-state index contributed by atoms with van der Waals surface area (Å²) in [4.78, 5) is 1.20. The van der Waals surface area contributed by atoms with Crippen molar-refractivity contribution in [2.45, 2.75) is 4.90 Å². The van der Waals surface area contributed by atoms with E-state index in [0.717, 1.165) is 5.69 Å². The van der Waals surface area contributed by atoms with E-state index in [-0.39, 0.29) is 0 Å². The first-order valence-corrected chi connectivity index (χ1v) is 4.38. The number of rotatable bonds is 2. The van der Waals surface area contributed by atoms with Crippen molar-refractivity contribution in [2.75, 3.05) is 11.6 Å². The van der Waals surface area contributed by atoms with Crippen LogP contribution in [0.15, 0.2) is 29.2 Å². The molecule has 0 heterocycles. The normalized spacial score (nSPS) is 8.73. The van der Waals surface area contributed by atoms with Crippen LogP contribution in [0.5, 0.6) is 0 Å². The Morgan fingerprint density at radius 1 is 1.36 bits per heavy atom. The molecular weight excluding hydrogens is 156 g/mol. The Labute approximate surface area is 70.2 Å². The molecule has 0 amide bonds. The average molecular weight is 164 g/mol. The predicted octanol–water partition coefficient (Wildman–Crippen LogP) is 2.30. The molecule has 0 unspecified atom stereocenters. The third-order valence-electron chi connectivity index (χ3n) is 1.29. The van der Waals surface area contributed by atoms with Crippen molar-refractivity contribution in [2.24, 2.45) is 0 Å². The van der Waals surface area contributed by atoms with E-state index >= 15 is 0 Å². The molecule has 2 nitrogen and oxygen atoms in total. The van der Waals surface area contributed by atoms with Crippen LogP contribution in [0.3, 0.4) is 0 Å². The number of hydrogen-bond donors (Lipinski definition) is 1.